The summed E-state index contributed by atoms with van der Waals surface area (Å²) in [6, 6.07) is 3.74. The molecule has 0 saturated carbocycles. The number of nitrogens with zero attached hydrogens (tertiary/aromatic N) is 3. The lowest BCUT2D eigenvalue weighted by Crippen LogP contribution is -2.17. The number of halogens is 3. The van der Waals surface area contributed by atoms with Crippen LogP contribution in [-0.2, 0) is 23.8 Å². The van der Waals surface area contributed by atoms with Crippen molar-refractivity contribution in [2.75, 3.05) is 33.3 Å². The number of carbonyl (C=O) groups excluding carboxylic acids is 2. The lowest BCUT2D eigenvalue weighted by molar-refractivity contribution is -0.142. The summed E-state index contributed by atoms with van der Waals surface area (Å²) >= 11 is 1.27. The number of aryl methyl sites for hydroxylation is 1. The normalized spacial score (nSPS) is 13.0. The number of methoxy groups -OCH3 is 3. The molecule has 42 heavy (non-hydrogen) atoms. The van der Waals surface area contributed by atoms with E-state index in [2.05, 4.69) is 15.4 Å². The fourth-order valence-electron chi connectivity index (χ4n) is 4.95. The second-order valence-corrected chi connectivity index (χ2v) is 10.4. The lowest BCUT2D eigenvalue weighted by atomic mass is 9.95. The van der Waals surface area contributed by atoms with Crippen molar-refractivity contribution in [1.29, 1.82) is 0 Å². The van der Waals surface area contributed by atoms with Gasteiger partial charge < -0.3 is 24.3 Å². The number of fused-ring (bicyclic) bond motifs is 2. The molecule has 1 aliphatic rings. The van der Waals surface area contributed by atoms with Gasteiger partial charge in [-0.25, -0.2) is 14.3 Å². The average Bonchev–Trinajstić information content (AvgIpc) is 3.56. The van der Waals surface area contributed by atoms with E-state index >= 15 is 0 Å². The van der Waals surface area contributed by atoms with Crippen LogP contribution in [0.5, 0.6) is 17.2 Å². The van der Waals surface area contributed by atoms with Gasteiger partial charge in [-0.05, 0) is 56.4 Å². The first-order chi connectivity index (χ1) is 20.1. The number of hydrogen-bond acceptors (Lipinski definition) is 9. The van der Waals surface area contributed by atoms with Gasteiger partial charge in [-0.2, -0.15) is 18.3 Å². The number of thiophene rings is 1. The number of benzene rings is 1. The summed E-state index contributed by atoms with van der Waals surface area (Å²) < 4.78 is 64.5. The third kappa shape index (κ3) is 5.22. The average molecular weight is 605 g/mol. The van der Waals surface area contributed by atoms with Crippen molar-refractivity contribution >= 4 is 33.9 Å². The van der Waals surface area contributed by atoms with Crippen LogP contribution in [0.25, 0.3) is 16.9 Å². The van der Waals surface area contributed by atoms with Gasteiger partial charge in [0.15, 0.2) is 22.8 Å². The Labute approximate surface area is 242 Å². The smallest absolute Gasteiger partial charge is 0.433 e. The first-order valence-electron chi connectivity index (χ1n) is 13.0. The molecule has 0 aliphatic heterocycles. The van der Waals surface area contributed by atoms with Crippen LogP contribution in [-0.4, -0.2) is 54.4 Å². The van der Waals surface area contributed by atoms with Gasteiger partial charge in [-0.15, -0.1) is 11.3 Å². The zero-order valence-corrected chi connectivity index (χ0v) is 24.0. The Morgan fingerprint density at radius 2 is 1.74 bits per heavy atom. The van der Waals surface area contributed by atoms with Gasteiger partial charge in [-0.3, -0.25) is 4.79 Å². The second-order valence-electron chi connectivity index (χ2n) is 9.32. The first kappa shape index (κ1) is 29.2. The molecule has 0 radical (unpaired) electrons. The Balaban J connectivity index is 1.63. The lowest BCUT2D eigenvalue weighted by Gasteiger charge is -2.15. The van der Waals surface area contributed by atoms with Gasteiger partial charge in [0.25, 0.3) is 5.91 Å². The Morgan fingerprint density at radius 3 is 2.36 bits per heavy atom. The first-order valence-corrected chi connectivity index (χ1v) is 13.8. The fraction of sp³-hybridized carbons (Fsp3) is 0.357. The largest absolute Gasteiger partial charge is 0.493 e. The van der Waals surface area contributed by atoms with Crippen molar-refractivity contribution in [2.24, 2.45) is 0 Å². The number of amides is 1. The highest BCUT2D eigenvalue weighted by Gasteiger charge is 2.36. The van der Waals surface area contributed by atoms with Crippen LogP contribution in [0.3, 0.4) is 0 Å². The molecule has 0 fully saturated rings. The van der Waals surface area contributed by atoms with Gasteiger partial charge in [0.05, 0.1) is 45.4 Å². The Hall–Kier alpha value is -4.33. The highest BCUT2D eigenvalue weighted by Crippen LogP contribution is 2.42. The Bertz CT molecular complexity index is 1660. The number of rotatable bonds is 8. The standard InChI is InChI=1S/C28H27F3N4O6S/c1-5-41-27(37)22-15-8-6-7-9-20(15)42-26(22)34-25(36)16-13-32-35-21(28(29,30)31)12-17(33-24(16)35)14-10-18(38-2)23(40-4)19(11-14)39-3/h10-13H,5-9H2,1-4H3,(H,34,36). The van der Waals surface area contributed by atoms with Gasteiger partial charge in [0.2, 0.25) is 5.75 Å². The molecule has 3 aromatic heterocycles. The molecule has 0 unspecified atom stereocenters. The molecule has 0 spiro atoms. The van der Waals surface area contributed by atoms with E-state index in [0.29, 0.717) is 10.9 Å². The Morgan fingerprint density at radius 1 is 1.05 bits per heavy atom. The van der Waals surface area contributed by atoms with Gasteiger partial charge in [-0.1, -0.05) is 0 Å². The minimum Gasteiger partial charge on any atom is -0.493 e. The van der Waals surface area contributed by atoms with Crippen molar-refractivity contribution in [3.63, 3.8) is 0 Å². The molecule has 222 valence electrons. The maximum absolute atomic E-state index is 14.2. The van der Waals surface area contributed by atoms with E-state index in [1.165, 1.54) is 44.8 Å². The monoisotopic (exact) mass is 604 g/mol. The van der Waals surface area contributed by atoms with E-state index in [-0.39, 0.29) is 56.9 Å². The highest BCUT2D eigenvalue weighted by molar-refractivity contribution is 7.17. The summed E-state index contributed by atoms with van der Waals surface area (Å²) in [6.45, 7) is 1.84. The summed E-state index contributed by atoms with van der Waals surface area (Å²) in [5, 5.41) is 6.84. The molecule has 1 N–H and O–H groups in total. The number of hydrogen-bond donors (Lipinski definition) is 1. The second kappa shape index (κ2) is 11.5. The van der Waals surface area contributed by atoms with Gasteiger partial charge in [0.1, 0.15) is 10.6 Å². The summed E-state index contributed by atoms with van der Waals surface area (Å²) in [4.78, 5) is 31.7. The third-order valence-electron chi connectivity index (χ3n) is 6.85. The van der Waals surface area contributed by atoms with E-state index in [1.54, 1.807) is 6.92 Å². The van der Waals surface area contributed by atoms with E-state index < -0.39 is 23.7 Å². The topological polar surface area (TPSA) is 113 Å². The minimum absolute atomic E-state index is 0.109. The van der Waals surface area contributed by atoms with Gasteiger partial charge in [0, 0.05) is 10.4 Å². The maximum atomic E-state index is 14.2. The molecule has 3 heterocycles. The van der Waals surface area contributed by atoms with Crippen molar-refractivity contribution in [2.45, 2.75) is 38.8 Å². The van der Waals surface area contributed by atoms with E-state index in [4.69, 9.17) is 18.9 Å². The number of nitrogens with one attached hydrogen (secondary N) is 1. The molecule has 1 aliphatic carbocycles. The maximum Gasteiger partial charge on any atom is 0.433 e. The van der Waals surface area contributed by atoms with Crippen molar-refractivity contribution in [3.8, 4) is 28.5 Å². The molecule has 0 saturated heterocycles. The fourth-order valence-corrected chi connectivity index (χ4v) is 6.22. The third-order valence-corrected chi connectivity index (χ3v) is 8.05. The predicted molar refractivity (Wildman–Crippen MR) is 148 cm³/mol. The number of ether oxygens (including phenoxy) is 4. The summed E-state index contributed by atoms with van der Waals surface area (Å²) in [5.74, 6) is -0.657. The van der Waals surface area contributed by atoms with Crippen molar-refractivity contribution in [1.82, 2.24) is 14.6 Å². The SMILES string of the molecule is CCOC(=O)c1c(NC(=O)c2cnn3c(C(F)(F)F)cc(-c4cc(OC)c(OC)c(OC)c4)nc23)sc2c1CCCC2. The molecule has 5 rings (SSSR count). The molecule has 4 aromatic rings. The molecule has 14 heteroatoms. The van der Waals surface area contributed by atoms with Gasteiger partial charge >= 0.3 is 12.1 Å². The van der Waals surface area contributed by atoms with Crippen molar-refractivity contribution in [3.05, 3.63) is 51.7 Å². The van der Waals surface area contributed by atoms with Crippen molar-refractivity contribution < 1.29 is 41.7 Å². The summed E-state index contributed by atoms with van der Waals surface area (Å²) in [5.41, 5.74) is -0.455. The van der Waals surface area contributed by atoms with E-state index in [0.717, 1.165) is 42.0 Å². The van der Waals surface area contributed by atoms with Crippen LogP contribution >= 0.6 is 11.3 Å². The predicted octanol–water partition coefficient (Wildman–Crippen LogP) is 5.81. The van der Waals surface area contributed by atoms with E-state index in [1.807, 2.05) is 0 Å². The summed E-state index contributed by atoms with van der Waals surface area (Å²) in [7, 11) is 4.16. The molecule has 1 amide bonds. The summed E-state index contributed by atoms with van der Waals surface area (Å²) in [6.07, 6.45) is -0.547. The number of aromatic nitrogens is 3. The number of esters is 1. The number of anilines is 1. The zero-order valence-electron chi connectivity index (χ0n) is 23.2. The molecule has 0 bridgehead atoms. The molecular formula is C28H27F3N4O6S. The molecular weight excluding hydrogens is 577 g/mol. The van der Waals surface area contributed by atoms with Crippen LogP contribution in [0.1, 0.15) is 56.6 Å². The van der Waals surface area contributed by atoms with Crippen LogP contribution in [0.2, 0.25) is 0 Å². The molecule has 0 atom stereocenters. The van der Waals surface area contributed by atoms with Crippen LogP contribution in [0, 0.1) is 0 Å². The van der Waals surface area contributed by atoms with Crippen LogP contribution < -0.4 is 19.5 Å². The number of carbonyl (C=O) groups is 2. The minimum atomic E-state index is -4.83. The molecule has 10 nitrogen and oxygen atoms in total. The van der Waals surface area contributed by atoms with Crippen LogP contribution in [0.4, 0.5) is 18.2 Å². The van der Waals surface area contributed by atoms with Crippen LogP contribution in [0.15, 0.2) is 24.4 Å². The number of alkyl halides is 3. The quantitative estimate of drug-likeness (QED) is 0.251. The van der Waals surface area contributed by atoms with E-state index in [9.17, 15) is 22.8 Å². The molecule has 1 aromatic carbocycles. The highest BCUT2D eigenvalue weighted by atomic mass is 32.1. The Kier molecular flexibility index (Phi) is 7.99. The zero-order chi connectivity index (χ0) is 30.2.